The van der Waals surface area contributed by atoms with Gasteiger partial charge in [0.25, 0.3) is 0 Å². The number of hydrogen-bond donors (Lipinski definition) is 2. The monoisotopic (exact) mass is 314 g/mol. The number of hydrogen-bond acceptors (Lipinski definition) is 4. The Morgan fingerprint density at radius 1 is 1.00 bits per heavy atom. The molecule has 0 atom stereocenters. The predicted octanol–water partition coefficient (Wildman–Crippen LogP) is 1.43. The molecule has 0 fully saturated rings. The second-order valence-corrected chi connectivity index (χ2v) is 6.93. The van der Waals surface area contributed by atoms with E-state index in [1.165, 1.54) is 0 Å². The molecule has 2 N–H and O–H groups in total. The third kappa shape index (κ3) is 4.78. The molecule has 0 bridgehead atoms. The number of ether oxygens (including phenoxy) is 1. The summed E-state index contributed by atoms with van der Waals surface area (Å²) in [4.78, 5) is 0.414. The molecule has 0 aliphatic rings. The average molecular weight is 314 g/mol. The van der Waals surface area contributed by atoms with Crippen LogP contribution in [0.1, 0.15) is 22.3 Å². The number of aryl methyl sites for hydroxylation is 2. The van der Waals surface area contributed by atoms with Crippen LogP contribution in [-0.2, 0) is 14.8 Å². The van der Waals surface area contributed by atoms with Gasteiger partial charge in [0.1, 0.15) is 0 Å². The van der Waals surface area contributed by atoms with Crippen LogP contribution < -0.4 is 10.0 Å². The Balaban J connectivity index is 2.80. The molecule has 0 unspecified atom stereocenters. The largest absolute Gasteiger partial charge is 0.383 e. The highest BCUT2D eigenvalue weighted by atomic mass is 32.2. The van der Waals surface area contributed by atoms with Gasteiger partial charge in [-0.05, 0) is 49.9 Å². The van der Waals surface area contributed by atoms with E-state index in [9.17, 15) is 8.42 Å². The van der Waals surface area contributed by atoms with Crippen molar-refractivity contribution >= 4 is 10.0 Å². The van der Waals surface area contributed by atoms with Crippen LogP contribution in [0.25, 0.3) is 0 Å². The van der Waals surface area contributed by atoms with E-state index in [-0.39, 0.29) is 0 Å². The molecule has 1 aromatic carbocycles. The van der Waals surface area contributed by atoms with Crippen molar-refractivity contribution in [2.75, 3.05) is 33.4 Å². The fourth-order valence-electron chi connectivity index (χ4n) is 2.23. The minimum absolute atomic E-state index is 0.359. The molecule has 0 spiro atoms. The lowest BCUT2D eigenvalue weighted by atomic mass is 10.0. The summed E-state index contributed by atoms with van der Waals surface area (Å²) in [5.41, 5.74) is 3.63. The molecule has 5 nitrogen and oxygen atoms in total. The molecule has 0 radical (unpaired) electrons. The van der Waals surface area contributed by atoms with Gasteiger partial charge in [-0.2, -0.15) is 0 Å². The molecule has 1 aromatic rings. The first-order valence-electron chi connectivity index (χ1n) is 7.08. The van der Waals surface area contributed by atoms with E-state index < -0.39 is 10.0 Å². The van der Waals surface area contributed by atoms with Crippen molar-refractivity contribution in [3.05, 3.63) is 28.3 Å². The molecule has 0 heterocycles. The summed E-state index contributed by atoms with van der Waals surface area (Å²) >= 11 is 0. The van der Waals surface area contributed by atoms with Gasteiger partial charge in [0.05, 0.1) is 11.5 Å². The molecule has 0 aromatic heterocycles. The summed E-state index contributed by atoms with van der Waals surface area (Å²) in [6.45, 7) is 9.84. The Morgan fingerprint density at radius 2 is 1.57 bits per heavy atom. The summed E-state index contributed by atoms with van der Waals surface area (Å²) in [5, 5.41) is 3.11. The van der Waals surface area contributed by atoms with Crippen LogP contribution in [0.2, 0.25) is 0 Å². The Morgan fingerprint density at radius 3 is 2.10 bits per heavy atom. The average Bonchev–Trinajstić information content (AvgIpc) is 2.40. The summed E-state index contributed by atoms with van der Waals surface area (Å²) in [6.07, 6.45) is 0. The fourth-order valence-corrected chi connectivity index (χ4v) is 3.87. The molecular weight excluding hydrogens is 288 g/mol. The second-order valence-electron chi connectivity index (χ2n) is 5.23. The first kappa shape index (κ1) is 18.1. The maximum Gasteiger partial charge on any atom is 0.241 e. The second kappa shape index (κ2) is 7.89. The maximum atomic E-state index is 12.5. The first-order chi connectivity index (χ1) is 9.81. The van der Waals surface area contributed by atoms with Gasteiger partial charge in [0.15, 0.2) is 0 Å². The van der Waals surface area contributed by atoms with Crippen molar-refractivity contribution in [3.63, 3.8) is 0 Å². The van der Waals surface area contributed by atoms with Crippen LogP contribution in [-0.4, -0.2) is 41.8 Å². The van der Waals surface area contributed by atoms with Gasteiger partial charge in [-0.25, -0.2) is 13.1 Å². The number of sulfonamides is 1. The van der Waals surface area contributed by atoms with Crippen molar-refractivity contribution in [2.24, 2.45) is 0 Å². The molecule has 0 saturated heterocycles. The zero-order valence-electron chi connectivity index (χ0n) is 13.5. The van der Waals surface area contributed by atoms with Crippen molar-refractivity contribution in [3.8, 4) is 0 Å². The molecule has 6 heteroatoms. The van der Waals surface area contributed by atoms with Gasteiger partial charge < -0.3 is 10.1 Å². The normalized spacial score (nSPS) is 11.9. The van der Waals surface area contributed by atoms with Gasteiger partial charge in [-0.3, -0.25) is 0 Å². The molecule has 0 saturated carbocycles. The number of methoxy groups -OCH3 is 1. The molecule has 1 rings (SSSR count). The van der Waals surface area contributed by atoms with E-state index in [4.69, 9.17) is 4.74 Å². The maximum absolute atomic E-state index is 12.5. The topological polar surface area (TPSA) is 67.4 Å². The van der Waals surface area contributed by atoms with Crippen LogP contribution in [0, 0.1) is 27.7 Å². The lowest BCUT2D eigenvalue weighted by Crippen LogP contribution is -2.33. The van der Waals surface area contributed by atoms with Crippen LogP contribution in [0.5, 0.6) is 0 Å². The fraction of sp³-hybridized carbons (Fsp3) is 0.600. The Hall–Kier alpha value is -0.950. The predicted molar refractivity (Wildman–Crippen MR) is 85.3 cm³/mol. The summed E-state index contributed by atoms with van der Waals surface area (Å²) < 4.78 is 32.6. The van der Waals surface area contributed by atoms with E-state index in [1.54, 1.807) is 7.11 Å². The van der Waals surface area contributed by atoms with Crippen LogP contribution in [0.15, 0.2) is 11.0 Å². The first-order valence-corrected chi connectivity index (χ1v) is 8.56. The summed E-state index contributed by atoms with van der Waals surface area (Å²) in [7, 11) is -1.85. The third-order valence-electron chi connectivity index (χ3n) is 3.64. The molecule has 0 aliphatic carbocycles. The van der Waals surface area contributed by atoms with Crippen molar-refractivity contribution < 1.29 is 13.2 Å². The van der Waals surface area contributed by atoms with Gasteiger partial charge in [0.2, 0.25) is 10.0 Å². The number of rotatable bonds is 8. The molecular formula is C15H26N2O3S. The zero-order valence-corrected chi connectivity index (χ0v) is 14.4. The quantitative estimate of drug-likeness (QED) is 0.713. The summed E-state index contributed by atoms with van der Waals surface area (Å²) in [5.74, 6) is 0. The van der Waals surface area contributed by atoms with E-state index in [0.29, 0.717) is 31.1 Å². The summed E-state index contributed by atoms with van der Waals surface area (Å²) in [6, 6.07) is 2.02. The number of benzene rings is 1. The van der Waals surface area contributed by atoms with E-state index in [0.717, 1.165) is 22.3 Å². The van der Waals surface area contributed by atoms with Gasteiger partial charge >= 0.3 is 0 Å². The molecule has 120 valence electrons. The zero-order chi connectivity index (χ0) is 16.0. The standard InChI is InChI=1S/C15H26N2O3S/c1-11-10-12(2)14(4)15(13(11)3)21(18,19)17-7-6-16-8-9-20-5/h10,16-17H,6-9H2,1-5H3. The lowest BCUT2D eigenvalue weighted by molar-refractivity contribution is 0.199. The van der Waals surface area contributed by atoms with Crippen LogP contribution in [0.4, 0.5) is 0 Å². The van der Waals surface area contributed by atoms with Crippen molar-refractivity contribution in [2.45, 2.75) is 32.6 Å². The van der Waals surface area contributed by atoms with Crippen LogP contribution >= 0.6 is 0 Å². The van der Waals surface area contributed by atoms with Gasteiger partial charge in [-0.15, -0.1) is 0 Å². The SMILES string of the molecule is COCCNCCNS(=O)(=O)c1c(C)c(C)cc(C)c1C. The minimum atomic E-state index is -3.48. The highest BCUT2D eigenvalue weighted by Gasteiger charge is 2.21. The Kier molecular flexibility index (Phi) is 6.80. The number of nitrogens with one attached hydrogen (secondary N) is 2. The highest BCUT2D eigenvalue weighted by Crippen LogP contribution is 2.25. The van der Waals surface area contributed by atoms with E-state index >= 15 is 0 Å². The van der Waals surface area contributed by atoms with Crippen LogP contribution in [0.3, 0.4) is 0 Å². The smallest absolute Gasteiger partial charge is 0.241 e. The van der Waals surface area contributed by atoms with E-state index in [1.807, 2.05) is 33.8 Å². The van der Waals surface area contributed by atoms with Gasteiger partial charge in [0, 0.05) is 26.7 Å². The van der Waals surface area contributed by atoms with Gasteiger partial charge in [-0.1, -0.05) is 6.07 Å². The highest BCUT2D eigenvalue weighted by molar-refractivity contribution is 7.89. The van der Waals surface area contributed by atoms with Crippen molar-refractivity contribution in [1.29, 1.82) is 0 Å². The third-order valence-corrected chi connectivity index (χ3v) is 5.38. The Bertz CT molecular complexity index is 557. The molecule has 0 amide bonds. The molecule has 0 aliphatic heterocycles. The van der Waals surface area contributed by atoms with Crippen molar-refractivity contribution in [1.82, 2.24) is 10.0 Å². The lowest BCUT2D eigenvalue weighted by Gasteiger charge is -2.16. The minimum Gasteiger partial charge on any atom is -0.383 e. The Labute approximate surface area is 128 Å². The molecule has 21 heavy (non-hydrogen) atoms. The van der Waals surface area contributed by atoms with E-state index in [2.05, 4.69) is 10.0 Å².